The van der Waals surface area contributed by atoms with Crippen LogP contribution in [0.15, 0.2) is 54.9 Å². The minimum Gasteiger partial charge on any atom is -0.342 e. The molecule has 1 saturated heterocycles. The molecule has 0 unspecified atom stereocenters. The molecule has 1 amide bonds. The van der Waals surface area contributed by atoms with Gasteiger partial charge < -0.3 is 4.90 Å². The standard InChI is InChI=1S/C20H21N5O/c26-18(12-15-6-4-10-21-13-15)25-11-5-9-17(14-25)20-22-19(23-24-20)16-7-2-1-3-8-16/h1-4,6-8,10,13,17H,5,9,11-12,14H2,(H,22,23,24)/t17-/m1/s1. The van der Waals surface area contributed by atoms with Crippen molar-refractivity contribution in [2.24, 2.45) is 0 Å². The number of piperidine rings is 1. The number of amides is 1. The molecule has 6 heteroatoms. The SMILES string of the molecule is O=C(Cc1cccnc1)N1CCC[C@@H](c2nc(-c3ccccc3)n[nH]2)C1. The number of carbonyl (C=O) groups excluding carboxylic acids is 1. The van der Waals surface area contributed by atoms with Crippen LogP contribution < -0.4 is 0 Å². The lowest BCUT2D eigenvalue weighted by Gasteiger charge is -2.31. The molecule has 0 radical (unpaired) electrons. The summed E-state index contributed by atoms with van der Waals surface area (Å²) in [5.74, 6) is 1.92. The number of rotatable bonds is 4. The Morgan fingerprint density at radius 2 is 2.08 bits per heavy atom. The Morgan fingerprint density at radius 3 is 2.88 bits per heavy atom. The van der Waals surface area contributed by atoms with Crippen molar-refractivity contribution in [1.29, 1.82) is 0 Å². The molecule has 0 aliphatic carbocycles. The molecule has 0 bridgehead atoms. The average Bonchev–Trinajstić information content (AvgIpc) is 3.20. The molecule has 0 saturated carbocycles. The molecule has 26 heavy (non-hydrogen) atoms. The van der Waals surface area contributed by atoms with Crippen molar-refractivity contribution in [3.63, 3.8) is 0 Å². The first-order valence-electron chi connectivity index (χ1n) is 8.94. The summed E-state index contributed by atoms with van der Waals surface area (Å²) < 4.78 is 0. The number of aromatic amines is 1. The minimum atomic E-state index is 0.144. The van der Waals surface area contributed by atoms with E-state index in [-0.39, 0.29) is 11.8 Å². The van der Waals surface area contributed by atoms with E-state index in [4.69, 9.17) is 0 Å². The van der Waals surface area contributed by atoms with Crippen LogP contribution in [0.4, 0.5) is 0 Å². The topological polar surface area (TPSA) is 74.8 Å². The van der Waals surface area contributed by atoms with Gasteiger partial charge in [-0.05, 0) is 24.5 Å². The highest BCUT2D eigenvalue weighted by Crippen LogP contribution is 2.26. The Kier molecular flexibility index (Phi) is 4.73. The van der Waals surface area contributed by atoms with E-state index < -0.39 is 0 Å². The molecule has 0 spiro atoms. The molecule has 3 heterocycles. The van der Waals surface area contributed by atoms with Gasteiger partial charge in [0.25, 0.3) is 0 Å². The summed E-state index contributed by atoms with van der Waals surface area (Å²) in [5, 5.41) is 7.43. The minimum absolute atomic E-state index is 0.144. The molecule has 1 aliphatic heterocycles. The second-order valence-corrected chi connectivity index (χ2v) is 6.63. The largest absolute Gasteiger partial charge is 0.342 e. The van der Waals surface area contributed by atoms with Crippen molar-refractivity contribution in [3.8, 4) is 11.4 Å². The van der Waals surface area contributed by atoms with Crippen molar-refractivity contribution in [1.82, 2.24) is 25.1 Å². The van der Waals surface area contributed by atoms with Gasteiger partial charge in [0.1, 0.15) is 5.82 Å². The first kappa shape index (κ1) is 16.4. The van der Waals surface area contributed by atoms with Crippen LogP contribution in [0.5, 0.6) is 0 Å². The van der Waals surface area contributed by atoms with Gasteiger partial charge in [-0.2, -0.15) is 5.10 Å². The fourth-order valence-corrected chi connectivity index (χ4v) is 3.39. The Balaban J connectivity index is 1.44. The van der Waals surface area contributed by atoms with Gasteiger partial charge in [0.2, 0.25) is 5.91 Å². The van der Waals surface area contributed by atoms with Crippen molar-refractivity contribution in [2.45, 2.75) is 25.2 Å². The summed E-state index contributed by atoms with van der Waals surface area (Å²) in [5.41, 5.74) is 1.95. The number of nitrogens with zero attached hydrogens (tertiary/aromatic N) is 4. The molecule has 1 fully saturated rings. The van der Waals surface area contributed by atoms with Gasteiger partial charge in [0.15, 0.2) is 5.82 Å². The van der Waals surface area contributed by atoms with Crippen molar-refractivity contribution >= 4 is 5.91 Å². The van der Waals surface area contributed by atoms with Crippen LogP contribution in [0.25, 0.3) is 11.4 Å². The van der Waals surface area contributed by atoms with E-state index in [1.165, 1.54) is 0 Å². The number of aromatic nitrogens is 4. The van der Waals surface area contributed by atoms with Crippen LogP contribution in [0, 0.1) is 0 Å². The van der Waals surface area contributed by atoms with Crippen LogP contribution >= 0.6 is 0 Å². The van der Waals surface area contributed by atoms with Gasteiger partial charge in [0.05, 0.1) is 6.42 Å². The Hall–Kier alpha value is -3.02. The Bertz CT molecular complexity index is 862. The van der Waals surface area contributed by atoms with Crippen LogP contribution in [-0.4, -0.2) is 44.1 Å². The first-order valence-corrected chi connectivity index (χ1v) is 8.94. The van der Waals surface area contributed by atoms with Gasteiger partial charge in [-0.3, -0.25) is 14.9 Å². The summed E-state index contributed by atoms with van der Waals surface area (Å²) in [4.78, 5) is 23.3. The van der Waals surface area contributed by atoms with E-state index in [1.54, 1.807) is 12.4 Å². The highest BCUT2D eigenvalue weighted by atomic mass is 16.2. The maximum absolute atomic E-state index is 12.6. The van der Waals surface area contributed by atoms with E-state index in [0.29, 0.717) is 18.8 Å². The number of H-pyrrole nitrogens is 1. The second kappa shape index (κ2) is 7.47. The first-order chi connectivity index (χ1) is 12.8. The van der Waals surface area contributed by atoms with Crippen molar-refractivity contribution in [2.75, 3.05) is 13.1 Å². The predicted molar refractivity (Wildman–Crippen MR) is 98.3 cm³/mol. The van der Waals surface area contributed by atoms with Crippen LogP contribution in [0.1, 0.15) is 30.1 Å². The van der Waals surface area contributed by atoms with Gasteiger partial charge in [0, 0.05) is 37.0 Å². The molecular weight excluding hydrogens is 326 g/mol. The zero-order valence-corrected chi connectivity index (χ0v) is 14.5. The molecular formula is C20H21N5O. The molecule has 1 N–H and O–H groups in total. The van der Waals surface area contributed by atoms with Crippen LogP contribution in [0.3, 0.4) is 0 Å². The highest BCUT2D eigenvalue weighted by molar-refractivity contribution is 5.78. The summed E-state index contributed by atoms with van der Waals surface area (Å²) in [6, 6.07) is 13.7. The van der Waals surface area contributed by atoms with Gasteiger partial charge >= 0.3 is 0 Å². The van der Waals surface area contributed by atoms with Crippen LogP contribution in [0.2, 0.25) is 0 Å². The smallest absolute Gasteiger partial charge is 0.227 e. The monoisotopic (exact) mass is 347 g/mol. The molecule has 2 aromatic heterocycles. The summed E-state index contributed by atoms with van der Waals surface area (Å²) in [7, 11) is 0. The third-order valence-electron chi connectivity index (χ3n) is 4.77. The number of carbonyl (C=O) groups is 1. The van der Waals surface area contributed by atoms with Gasteiger partial charge in [-0.1, -0.05) is 36.4 Å². The lowest BCUT2D eigenvalue weighted by molar-refractivity contribution is -0.131. The van der Waals surface area contributed by atoms with E-state index in [2.05, 4.69) is 20.2 Å². The zero-order valence-electron chi connectivity index (χ0n) is 14.5. The molecule has 1 aliphatic rings. The highest BCUT2D eigenvalue weighted by Gasteiger charge is 2.27. The molecule has 132 valence electrons. The molecule has 4 rings (SSSR count). The fraction of sp³-hybridized carbons (Fsp3) is 0.300. The Morgan fingerprint density at radius 1 is 1.19 bits per heavy atom. The van der Waals surface area contributed by atoms with Gasteiger partial charge in [-0.25, -0.2) is 4.98 Å². The fourth-order valence-electron chi connectivity index (χ4n) is 3.39. The van der Waals surface area contributed by atoms with Gasteiger partial charge in [-0.15, -0.1) is 0 Å². The molecule has 6 nitrogen and oxygen atoms in total. The third kappa shape index (κ3) is 3.64. The number of hydrogen-bond donors (Lipinski definition) is 1. The normalized spacial score (nSPS) is 17.2. The van der Waals surface area contributed by atoms with E-state index in [1.807, 2.05) is 47.4 Å². The third-order valence-corrected chi connectivity index (χ3v) is 4.77. The second-order valence-electron chi connectivity index (χ2n) is 6.63. The number of nitrogens with one attached hydrogen (secondary N) is 1. The van der Waals surface area contributed by atoms with E-state index in [9.17, 15) is 4.79 Å². The quantitative estimate of drug-likeness (QED) is 0.787. The summed E-state index contributed by atoms with van der Waals surface area (Å²) in [6.07, 6.45) is 5.86. The zero-order chi connectivity index (χ0) is 17.8. The predicted octanol–water partition coefficient (Wildman–Crippen LogP) is 2.82. The maximum atomic E-state index is 12.6. The van der Waals surface area contributed by atoms with Crippen molar-refractivity contribution in [3.05, 3.63) is 66.2 Å². The molecule has 1 atom stereocenters. The lowest BCUT2D eigenvalue weighted by atomic mass is 9.97. The number of benzene rings is 1. The Labute approximate surface area is 152 Å². The average molecular weight is 347 g/mol. The maximum Gasteiger partial charge on any atom is 0.227 e. The van der Waals surface area contributed by atoms with E-state index >= 15 is 0 Å². The van der Waals surface area contributed by atoms with Crippen molar-refractivity contribution < 1.29 is 4.79 Å². The molecule has 3 aromatic rings. The number of likely N-dealkylation sites (tertiary alicyclic amines) is 1. The summed E-state index contributed by atoms with van der Waals surface area (Å²) >= 11 is 0. The lowest BCUT2D eigenvalue weighted by Crippen LogP contribution is -2.40. The number of pyridine rings is 1. The van der Waals surface area contributed by atoms with E-state index in [0.717, 1.165) is 36.3 Å². The van der Waals surface area contributed by atoms with Crippen LogP contribution in [-0.2, 0) is 11.2 Å². The summed E-state index contributed by atoms with van der Waals surface area (Å²) in [6.45, 7) is 1.48. The number of hydrogen-bond acceptors (Lipinski definition) is 4. The molecule has 1 aromatic carbocycles.